The van der Waals surface area contributed by atoms with Gasteiger partial charge in [0.1, 0.15) is 0 Å². The fourth-order valence-electron chi connectivity index (χ4n) is 2.04. The van der Waals surface area contributed by atoms with E-state index in [0.29, 0.717) is 18.0 Å². The predicted octanol–water partition coefficient (Wildman–Crippen LogP) is 3.12. The van der Waals surface area contributed by atoms with Crippen LogP contribution in [0.3, 0.4) is 0 Å². The van der Waals surface area contributed by atoms with Crippen LogP contribution in [0.1, 0.15) is 11.3 Å². The van der Waals surface area contributed by atoms with Gasteiger partial charge in [-0.15, -0.1) is 0 Å². The van der Waals surface area contributed by atoms with E-state index in [-0.39, 0.29) is 0 Å². The van der Waals surface area contributed by atoms with Crippen molar-refractivity contribution in [1.29, 1.82) is 0 Å². The van der Waals surface area contributed by atoms with Crippen LogP contribution >= 0.6 is 15.9 Å². The van der Waals surface area contributed by atoms with Gasteiger partial charge < -0.3 is 14.8 Å². The van der Waals surface area contributed by atoms with Crippen LogP contribution in [0.25, 0.3) is 0 Å². The van der Waals surface area contributed by atoms with E-state index in [1.165, 1.54) is 0 Å². The molecule has 1 aromatic heterocycles. The summed E-state index contributed by atoms with van der Waals surface area (Å²) in [6.07, 6.45) is 1.96. The molecule has 6 heteroatoms. The Kier molecular flexibility index (Phi) is 4.54. The first kappa shape index (κ1) is 14.7. The van der Waals surface area contributed by atoms with Crippen LogP contribution in [0.2, 0.25) is 0 Å². The number of ether oxygens (including phenoxy) is 2. The van der Waals surface area contributed by atoms with Crippen LogP contribution in [-0.4, -0.2) is 24.0 Å². The lowest BCUT2D eigenvalue weighted by atomic mass is 10.2. The highest BCUT2D eigenvalue weighted by atomic mass is 79.9. The molecule has 1 aromatic carbocycles. The van der Waals surface area contributed by atoms with Crippen molar-refractivity contribution < 1.29 is 9.47 Å². The van der Waals surface area contributed by atoms with Crippen LogP contribution in [0.5, 0.6) is 11.5 Å². The number of rotatable bonds is 5. The van der Waals surface area contributed by atoms with E-state index >= 15 is 0 Å². The zero-order valence-electron chi connectivity index (χ0n) is 12.0. The summed E-state index contributed by atoms with van der Waals surface area (Å²) in [6, 6.07) is 3.97. The molecule has 2 rings (SSSR count). The number of anilines is 1. The molecule has 0 fully saturated rings. The Bertz CT molecular complexity index is 611. The number of nitrogens with zero attached hydrogens (tertiary/aromatic N) is 2. The van der Waals surface area contributed by atoms with Gasteiger partial charge in [-0.05, 0) is 40.5 Å². The maximum Gasteiger partial charge on any atom is 0.174 e. The Morgan fingerprint density at radius 1 is 1.30 bits per heavy atom. The number of hydrogen-bond donors (Lipinski definition) is 1. The highest BCUT2D eigenvalue weighted by molar-refractivity contribution is 9.10. The topological polar surface area (TPSA) is 48.3 Å². The van der Waals surface area contributed by atoms with Crippen molar-refractivity contribution >= 4 is 21.6 Å². The Labute approximate surface area is 127 Å². The molecule has 5 nitrogen and oxygen atoms in total. The fourth-order valence-corrected chi connectivity index (χ4v) is 2.70. The first-order chi connectivity index (χ1) is 9.55. The van der Waals surface area contributed by atoms with E-state index < -0.39 is 0 Å². The van der Waals surface area contributed by atoms with E-state index in [1.807, 2.05) is 32.3 Å². The SMILES string of the molecule is COc1cc(CNc2cn(C)nc2C)cc(Br)c1OC. The molecule has 0 aliphatic rings. The number of benzene rings is 1. The van der Waals surface area contributed by atoms with E-state index in [9.17, 15) is 0 Å². The quantitative estimate of drug-likeness (QED) is 0.909. The Balaban J connectivity index is 2.18. The third kappa shape index (κ3) is 3.07. The Hall–Kier alpha value is -1.69. The maximum atomic E-state index is 5.34. The minimum absolute atomic E-state index is 0.686. The van der Waals surface area contributed by atoms with Gasteiger partial charge in [0, 0.05) is 19.8 Å². The van der Waals surface area contributed by atoms with Gasteiger partial charge in [0.05, 0.1) is 30.1 Å². The summed E-state index contributed by atoms with van der Waals surface area (Å²) in [6.45, 7) is 2.67. The zero-order chi connectivity index (χ0) is 14.7. The molecular weight excluding hydrogens is 322 g/mol. The summed E-state index contributed by atoms with van der Waals surface area (Å²) in [5.74, 6) is 1.41. The normalized spacial score (nSPS) is 10.4. The number of halogens is 1. The summed E-state index contributed by atoms with van der Waals surface area (Å²) in [5, 5.41) is 7.67. The van der Waals surface area contributed by atoms with Crippen molar-refractivity contribution in [3.63, 3.8) is 0 Å². The van der Waals surface area contributed by atoms with Gasteiger partial charge in [0.15, 0.2) is 11.5 Å². The Morgan fingerprint density at radius 3 is 2.60 bits per heavy atom. The molecule has 0 aliphatic heterocycles. The highest BCUT2D eigenvalue weighted by Crippen LogP contribution is 2.36. The number of aromatic nitrogens is 2. The Morgan fingerprint density at radius 2 is 2.05 bits per heavy atom. The maximum absolute atomic E-state index is 5.34. The third-order valence-corrected chi connectivity index (χ3v) is 3.58. The molecule has 1 N–H and O–H groups in total. The second kappa shape index (κ2) is 6.17. The van der Waals surface area contributed by atoms with E-state index in [0.717, 1.165) is 21.4 Å². The summed E-state index contributed by atoms with van der Waals surface area (Å²) in [7, 11) is 5.16. The van der Waals surface area contributed by atoms with Gasteiger partial charge in [-0.25, -0.2) is 0 Å². The second-order valence-electron chi connectivity index (χ2n) is 4.47. The molecular formula is C14H18BrN3O2. The van der Waals surface area contributed by atoms with Crippen molar-refractivity contribution in [3.05, 3.63) is 34.1 Å². The monoisotopic (exact) mass is 339 g/mol. The molecule has 0 saturated heterocycles. The molecule has 0 aliphatic carbocycles. The van der Waals surface area contributed by atoms with Crippen LogP contribution in [0, 0.1) is 6.92 Å². The van der Waals surface area contributed by atoms with Gasteiger partial charge >= 0.3 is 0 Å². The van der Waals surface area contributed by atoms with Crippen LogP contribution in [0.15, 0.2) is 22.8 Å². The third-order valence-electron chi connectivity index (χ3n) is 2.99. The molecule has 0 unspecified atom stereocenters. The average molecular weight is 340 g/mol. The first-order valence-corrected chi connectivity index (χ1v) is 6.99. The van der Waals surface area contributed by atoms with Crippen molar-refractivity contribution in [2.45, 2.75) is 13.5 Å². The first-order valence-electron chi connectivity index (χ1n) is 6.19. The van der Waals surface area contributed by atoms with Crippen molar-refractivity contribution in [2.24, 2.45) is 7.05 Å². The van der Waals surface area contributed by atoms with Gasteiger partial charge in [-0.1, -0.05) is 0 Å². The number of hydrogen-bond acceptors (Lipinski definition) is 4. The molecule has 2 aromatic rings. The van der Waals surface area contributed by atoms with Crippen molar-refractivity contribution in [1.82, 2.24) is 9.78 Å². The molecule has 1 heterocycles. The summed E-state index contributed by atoms with van der Waals surface area (Å²) < 4.78 is 13.3. The predicted molar refractivity (Wildman–Crippen MR) is 82.5 cm³/mol. The highest BCUT2D eigenvalue weighted by Gasteiger charge is 2.11. The second-order valence-corrected chi connectivity index (χ2v) is 5.32. The minimum Gasteiger partial charge on any atom is -0.493 e. The zero-order valence-corrected chi connectivity index (χ0v) is 13.6. The molecule has 0 saturated carbocycles. The molecule has 0 amide bonds. The van der Waals surface area contributed by atoms with Crippen LogP contribution in [0.4, 0.5) is 5.69 Å². The summed E-state index contributed by atoms with van der Waals surface area (Å²) in [5.41, 5.74) is 3.10. The lowest BCUT2D eigenvalue weighted by Gasteiger charge is -2.12. The van der Waals surface area contributed by atoms with E-state index in [2.05, 4.69) is 26.3 Å². The molecule has 0 radical (unpaired) electrons. The largest absolute Gasteiger partial charge is 0.493 e. The van der Waals surface area contributed by atoms with Crippen LogP contribution in [-0.2, 0) is 13.6 Å². The lowest BCUT2D eigenvalue weighted by molar-refractivity contribution is 0.352. The molecule has 0 atom stereocenters. The summed E-state index contributed by atoms with van der Waals surface area (Å²) >= 11 is 3.49. The molecule has 0 spiro atoms. The standard InChI is InChI=1S/C14H18BrN3O2/c1-9-12(8-18(2)17-9)16-7-10-5-11(15)14(20-4)13(6-10)19-3/h5-6,8,16H,7H2,1-4H3. The summed E-state index contributed by atoms with van der Waals surface area (Å²) in [4.78, 5) is 0. The lowest BCUT2D eigenvalue weighted by Crippen LogP contribution is -2.01. The van der Waals surface area contributed by atoms with Crippen LogP contribution < -0.4 is 14.8 Å². The van der Waals surface area contributed by atoms with Gasteiger partial charge in [-0.2, -0.15) is 5.10 Å². The number of methoxy groups -OCH3 is 2. The van der Waals surface area contributed by atoms with Crippen molar-refractivity contribution in [3.8, 4) is 11.5 Å². The van der Waals surface area contributed by atoms with E-state index in [1.54, 1.807) is 18.9 Å². The average Bonchev–Trinajstić information content (AvgIpc) is 2.74. The fraction of sp³-hybridized carbons (Fsp3) is 0.357. The van der Waals surface area contributed by atoms with E-state index in [4.69, 9.17) is 9.47 Å². The van der Waals surface area contributed by atoms with Gasteiger partial charge in [-0.3, -0.25) is 4.68 Å². The van der Waals surface area contributed by atoms with Crippen molar-refractivity contribution in [2.75, 3.05) is 19.5 Å². The molecule has 108 valence electrons. The van der Waals surface area contributed by atoms with Gasteiger partial charge in [0.2, 0.25) is 0 Å². The minimum atomic E-state index is 0.686. The number of aryl methyl sites for hydroxylation is 2. The van der Waals surface area contributed by atoms with Gasteiger partial charge in [0.25, 0.3) is 0 Å². The molecule has 20 heavy (non-hydrogen) atoms. The smallest absolute Gasteiger partial charge is 0.174 e. The number of nitrogens with one attached hydrogen (secondary N) is 1. The molecule has 0 bridgehead atoms.